The molecule has 1 aliphatic heterocycles. The number of nitrogens with zero attached hydrogens (tertiary/aromatic N) is 2. The van der Waals surface area contributed by atoms with Crippen molar-refractivity contribution in [1.29, 1.82) is 0 Å². The lowest BCUT2D eigenvalue weighted by Gasteiger charge is -2.31. The zero-order valence-corrected chi connectivity index (χ0v) is 11.0. The SMILES string of the molecule is NCc1cnc2ccccc2c1N1CC2CCC1C2. The van der Waals surface area contributed by atoms with Gasteiger partial charge >= 0.3 is 0 Å². The van der Waals surface area contributed by atoms with E-state index in [2.05, 4.69) is 34.1 Å². The molecule has 0 spiro atoms. The van der Waals surface area contributed by atoms with Crippen LogP contribution in [0.1, 0.15) is 24.8 Å². The summed E-state index contributed by atoms with van der Waals surface area (Å²) < 4.78 is 0. The molecule has 2 unspecified atom stereocenters. The Balaban J connectivity index is 1.91. The summed E-state index contributed by atoms with van der Waals surface area (Å²) in [5, 5.41) is 1.26. The number of pyridine rings is 1. The average molecular weight is 253 g/mol. The quantitative estimate of drug-likeness (QED) is 0.894. The third-order valence-electron chi connectivity index (χ3n) is 4.74. The number of benzene rings is 1. The van der Waals surface area contributed by atoms with Crippen molar-refractivity contribution in [2.45, 2.75) is 31.8 Å². The summed E-state index contributed by atoms with van der Waals surface area (Å²) in [6.45, 7) is 1.77. The van der Waals surface area contributed by atoms with Crippen LogP contribution < -0.4 is 10.6 Å². The van der Waals surface area contributed by atoms with Crippen LogP contribution in [-0.4, -0.2) is 17.6 Å². The van der Waals surface area contributed by atoms with Gasteiger partial charge in [0, 0.05) is 36.3 Å². The van der Waals surface area contributed by atoms with Gasteiger partial charge in [0.2, 0.25) is 0 Å². The second-order valence-electron chi connectivity index (χ2n) is 5.84. The Hall–Kier alpha value is -1.61. The molecule has 2 heterocycles. The molecule has 1 saturated carbocycles. The van der Waals surface area contributed by atoms with E-state index in [9.17, 15) is 0 Å². The number of rotatable bonds is 2. The lowest BCUT2D eigenvalue weighted by molar-refractivity contribution is 0.553. The molecule has 1 saturated heterocycles. The lowest BCUT2D eigenvalue weighted by Crippen LogP contribution is -2.33. The van der Waals surface area contributed by atoms with Crippen LogP contribution in [0.3, 0.4) is 0 Å². The second kappa shape index (κ2) is 4.20. The summed E-state index contributed by atoms with van der Waals surface area (Å²) in [4.78, 5) is 7.14. The summed E-state index contributed by atoms with van der Waals surface area (Å²) in [5.74, 6) is 0.891. The van der Waals surface area contributed by atoms with Gasteiger partial charge in [-0.05, 0) is 31.2 Å². The van der Waals surface area contributed by atoms with Gasteiger partial charge in [0.25, 0.3) is 0 Å². The highest BCUT2D eigenvalue weighted by Crippen LogP contribution is 2.43. The third-order valence-corrected chi connectivity index (χ3v) is 4.74. The number of para-hydroxylation sites is 1. The molecular formula is C16H19N3. The number of anilines is 1. The summed E-state index contributed by atoms with van der Waals surface area (Å²) in [6.07, 6.45) is 6.07. The number of hydrogen-bond donors (Lipinski definition) is 1. The van der Waals surface area contributed by atoms with E-state index in [-0.39, 0.29) is 0 Å². The molecule has 4 rings (SSSR count). The molecule has 3 nitrogen and oxygen atoms in total. The molecule has 1 aliphatic carbocycles. The van der Waals surface area contributed by atoms with E-state index < -0.39 is 0 Å². The highest BCUT2D eigenvalue weighted by molar-refractivity contribution is 5.93. The van der Waals surface area contributed by atoms with Crippen molar-refractivity contribution in [1.82, 2.24) is 4.98 Å². The zero-order valence-electron chi connectivity index (χ0n) is 11.0. The summed E-state index contributed by atoms with van der Waals surface area (Å²) >= 11 is 0. The second-order valence-corrected chi connectivity index (χ2v) is 5.84. The lowest BCUT2D eigenvalue weighted by atomic mass is 10.0. The molecule has 2 bridgehead atoms. The molecule has 0 radical (unpaired) electrons. The Kier molecular flexibility index (Phi) is 2.49. The normalized spacial score (nSPS) is 25.4. The fourth-order valence-electron chi connectivity index (χ4n) is 3.86. The molecule has 98 valence electrons. The summed E-state index contributed by atoms with van der Waals surface area (Å²) in [5.41, 5.74) is 9.56. The number of piperidine rings is 1. The van der Waals surface area contributed by atoms with Crippen LogP contribution in [0.25, 0.3) is 10.9 Å². The molecule has 1 aromatic heterocycles. The Morgan fingerprint density at radius 1 is 1.26 bits per heavy atom. The molecule has 2 aliphatic rings. The average Bonchev–Trinajstić information content (AvgIpc) is 3.08. The van der Waals surface area contributed by atoms with Gasteiger partial charge in [0.05, 0.1) is 11.2 Å². The Morgan fingerprint density at radius 2 is 2.16 bits per heavy atom. The number of fused-ring (bicyclic) bond motifs is 3. The van der Waals surface area contributed by atoms with Crippen molar-refractivity contribution in [2.75, 3.05) is 11.4 Å². The Bertz CT molecular complexity index is 622. The first-order chi connectivity index (χ1) is 9.36. The minimum atomic E-state index is 0.570. The minimum Gasteiger partial charge on any atom is -0.367 e. The molecule has 2 atom stereocenters. The minimum absolute atomic E-state index is 0.570. The molecule has 2 N–H and O–H groups in total. The number of hydrogen-bond acceptors (Lipinski definition) is 3. The maximum absolute atomic E-state index is 5.94. The highest BCUT2D eigenvalue weighted by atomic mass is 15.2. The monoisotopic (exact) mass is 253 g/mol. The zero-order chi connectivity index (χ0) is 12.8. The van der Waals surface area contributed by atoms with Crippen molar-refractivity contribution in [3.63, 3.8) is 0 Å². The maximum Gasteiger partial charge on any atom is 0.0723 e. The molecule has 0 amide bonds. The predicted octanol–water partition coefficient (Wildman–Crippen LogP) is 2.68. The van der Waals surface area contributed by atoms with Gasteiger partial charge in [-0.1, -0.05) is 18.2 Å². The van der Waals surface area contributed by atoms with Crippen molar-refractivity contribution in [3.8, 4) is 0 Å². The maximum atomic E-state index is 5.94. The van der Waals surface area contributed by atoms with Crippen molar-refractivity contribution >= 4 is 16.6 Å². The van der Waals surface area contributed by atoms with Crippen LogP contribution in [0.15, 0.2) is 30.5 Å². The standard InChI is InChI=1S/C16H19N3/c17-8-12-9-18-15-4-2-1-3-14(15)16(12)19-10-11-5-6-13(19)7-11/h1-4,9,11,13H,5-8,10,17H2. The molecule has 19 heavy (non-hydrogen) atoms. The van der Waals surface area contributed by atoms with Crippen LogP contribution >= 0.6 is 0 Å². The Labute approximate surface area is 113 Å². The first-order valence-electron chi connectivity index (χ1n) is 7.20. The van der Waals surface area contributed by atoms with Crippen LogP contribution in [0.4, 0.5) is 5.69 Å². The molecule has 2 fully saturated rings. The first kappa shape index (κ1) is 11.2. The topological polar surface area (TPSA) is 42.1 Å². The largest absolute Gasteiger partial charge is 0.367 e. The molecule has 1 aromatic carbocycles. The van der Waals surface area contributed by atoms with E-state index in [4.69, 9.17) is 5.73 Å². The predicted molar refractivity (Wildman–Crippen MR) is 78.1 cm³/mol. The van der Waals surface area contributed by atoms with Gasteiger partial charge in [-0.3, -0.25) is 4.98 Å². The van der Waals surface area contributed by atoms with E-state index in [0.29, 0.717) is 6.54 Å². The van der Waals surface area contributed by atoms with Crippen LogP contribution in [0.2, 0.25) is 0 Å². The van der Waals surface area contributed by atoms with E-state index in [1.807, 2.05) is 6.20 Å². The van der Waals surface area contributed by atoms with Gasteiger partial charge in [-0.15, -0.1) is 0 Å². The van der Waals surface area contributed by atoms with E-state index >= 15 is 0 Å². The molecule has 2 aromatic rings. The van der Waals surface area contributed by atoms with Crippen molar-refractivity contribution in [3.05, 3.63) is 36.0 Å². The van der Waals surface area contributed by atoms with Crippen LogP contribution in [0, 0.1) is 5.92 Å². The van der Waals surface area contributed by atoms with E-state index in [1.165, 1.54) is 42.4 Å². The summed E-state index contributed by atoms with van der Waals surface area (Å²) in [7, 11) is 0. The van der Waals surface area contributed by atoms with Crippen LogP contribution in [-0.2, 0) is 6.54 Å². The summed E-state index contributed by atoms with van der Waals surface area (Å²) in [6, 6.07) is 9.15. The van der Waals surface area contributed by atoms with Gasteiger partial charge in [0.15, 0.2) is 0 Å². The Morgan fingerprint density at radius 3 is 2.89 bits per heavy atom. The van der Waals surface area contributed by atoms with Crippen molar-refractivity contribution < 1.29 is 0 Å². The molecule has 3 heteroatoms. The smallest absolute Gasteiger partial charge is 0.0723 e. The van der Waals surface area contributed by atoms with E-state index in [1.54, 1.807) is 0 Å². The highest BCUT2D eigenvalue weighted by Gasteiger charge is 2.39. The fraction of sp³-hybridized carbons (Fsp3) is 0.438. The van der Waals surface area contributed by atoms with Crippen molar-refractivity contribution in [2.24, 2.45) is 11.7 Å². The molecular weight excluding hydrogens is 234 g/mol. The number of nitrogens with two attached hydrogens (primary N) is 1. The third kappa shape index (κ3) is 1.65. The number of aromatic nitrogens is 1. The van der Waals surface area contributed by atoms with Gasteiger partial charge < -0.3 is 10.6 Å². The van der Waals surface area contributed by atoms with Gasteiger partial charge in [-0.2, -0.15) is 0 Å². The first-order valence-corrected chi connectivity index (χ1v) is 7.20. The fourth-order valence-corrected chi connectivity index (χ4v) is 3.86. The van der Waals surface area contributed by atoms with Gasteiger partial charge in [-0.25, -0.2) is 0 Å². The van der Waals surface area contributed by atoms with Gasteiger partial charge in [0.1, 0.15) is 0 Å². The van der Waals surface area contributed by atoms with E-state index in [0.717, 1.165) is 17.5 Å². The van der Waals surface area contributed by atoms with Crippen LogP contribution in [0.5, 0.6) is 0 Å².